The third kappa shape index (κ3) is 3.74. The van der Waals surface area contributed by atoms with Crippen molar-refractivity contribution in [3.63, 3.8) is 0 Å². The summed E-state index contributed by atoms with van der Waals surface area (Å²) in [7, 11) is 0. The second-order valence-corrected chi connectivity index (χ2v) is 3.53. The van der Waals surface area contributed by atoms with Crippen LogP contribution in [0.2, 0.25) is 0 Å². The standard InChI is InChI=1S/C12H15NO5/c1-3-4-13-12(16)8(2)18-11-7-17-9(6-14)5-10(11)15/h3,5,7-8,14H,1,4,6H2,2H3,(H,13,16). The Bertz CT molecular complexity index is 480. The summed E-state index contributed by atoms with van der Waals surface area (Å²) in [5, 5.41) is 11.3. The van der Waals surface area contributed by atoms with Gasteiger partial charge < -0.3 is 19.6 Å². The third-order valence-corrected chi connectivity index (χ3v) is 2.10. The molecular formula is C12H15NO5. The van der Waals surface area contributed by atoms with Crippen LogP contribution in [0.4, 0.5) is 0 Å². The molecule has 0 spiro atoms. The minimum atomic E-state index is -0.826. The quantitative estimate of drug-likeness (QED) is 0.707. The predicted molar refractivity (Wildman–Crippen MR) is 64.2 cm³/mol. The van der Waals surface area contributed by atoms with Crippen LogP contribution in [0.25, 0.3) is 0 Å². The van der Waals surface area contributed by atoms with Crippen molar-refractivity contribution >= 4 is 5.91 Å². The van der Waals surface area contributed by atoms with Crippen molar-refractivity contribution in [1.82, 2.24) is 5.32 Å². The van der Waals surface area contributed by atoms with E-state index in [1.807, 2.05) is 0 Å². The lowest BCUT2D eigenvalue weighted by atomic mass is 10.3. The van der Waals surface area contributed by atoms with Crippen LogP contribution < -0.4 is 15.5 Å². The van der Waals surface area contributed by atoms with E-state index in [4.69, 9.17) is 14.3 Å². The van der Waals surface area contributed by atoms with Crippen molar-refractivity contribution in [1.29, 1.82) is 0 Å². The molecule has 1 atom stereocenters. The highest BCUT2D eigenvalue weighted by molar-refractivity contribution is 5.80. The fourth-order valence-corrected chi connectivity index (χ4v) is 1.17. The number of amides is 1. The second kappa shape index (κ2) is 6.61. The van der Waals surface area contributed by atoms with E-state index in [9.17, 15) is 9.59 Å². The number of rotatable bonds is 6. The Morgan fingerprint density at radius 1 is 1.72 bits per heavy atom. The van der Waals surface area contributed by atoms with Gasteiger partial charge in [0, 0.05) is 12.6 Å². The number of aliphatic hydroxyl groups excluding tert-OH is 1. The summed E-state index contributed by atoms with van der Waals surface area (Å²) in [5.41, 5.74) is -0.450. The van der Waals surface area contributed by atoms with Gasteiger partial charge in [-0.1, -0.05) is 6.08 Å². The maximum absolute atomic E-state index is 11.5. The number of ether oxygens (including phenoxy) is 1. The van der Waals surface area contributed by atoms with E-state index < -0.39 is 11.5 Å². The first-order chi connectivity index (χ1) is 8.58. The summed E-state index contributed by atoms with van der Waals surface area (Å²) in [6, 6.07) is 1.11. The molecule has 0 fully saturated rings. The number of aliphatic hydroxyl groups is 1. The van der Waals surface area contributed by atoms with Crippen molar-refractivity contribution in [2.45, 2.75) is 19.6 Å². The van der Waals surface area contributed by atoms with Crippen molar-refractivity contribution in [3.8, 4) is 5.75 Å². The molecule has 0 saturated heterocycles. The Labute approximate surface area is 104 Å². The van der Waals surface area contributed by atoms with Crippen LogP contribution in [0.15, 0.2) is 34.2 Å². The van der Waals surface area contributed by atoms with Gasteiger partial charge in [0.05, 0.1) is 0 Å². The zero-order valence-corrected chi connectivity index (χ0v) is 10.0. The minimum absolute atomic E-state index is 0.0755. The lowest BCUT2D eigenvalue weighted by Crippen LogP contribution is -2.37. The molecule has 1 amide bonds. The Balaban J connectivity index is 2.69. The average molecular weight is 253 g/mol. The van der Waals surface area contributed by atoms with Crippen molar-refractivity contribution in [3.05, 3.63) is 41.0 Å². The van der Waals surface area contributed by atoms with Gasteiger partial charge >= 0.3 is 0 Å². The van der Waals surface area contributed by atoms with E-state index >= 15 is 0 Å². The maximum Gasteiger partial charge on any atom is 0.261 e. The van der Waals surface area contributed by atoms with Gasteiger partial charge in [-0.3, -0.25) is 9.59 Å². The molecule has 1 unspecified atom stereocenters. The number of nitrogens with one attached hydrogen (secondary N) is 1. The second-order valence-electron chi connectivity index (χ2n) is 3.53. The van der Waals surface area contributed by atoms with E-state index in [-0.39, 0.29) is 24.0 Å². The molecule has 6 heteroatoms. The molecule has 1 aromatic rings. The molecule has 0 saturated carbocycles. The van der Waals surface area contributed by atoms with Crippen molar-refractivity contribution < 1.29 is 19.1 Å². The molecule has 0 radical (unpaired) electrons. The summed E-state index contributed by atoms with van der Waals surface area (Å²) in [5.74, 6) is -0.301. The first-order valence-corrected chi connectivity index (χ1v) is 5.36. The third-order valence-electron chi connectivity index (χ3n) is 2.10. The van der Waals surface area contributed by atoms with E-state index in [2.05, 4.69) is 11.9 Å². The normalized spacial score (nSPS) is 11.7. The molecule has 0 aliphatic carbocycles. The van der Waals surface area contributed by atoms with Crippen LogP contribution in [-0.2, 0) is 11.4 Å². The Morgan fingerprint density at radius 2 is 2.44 bits per heavy atom. The van der Waals surface area contributed by atoms with Crippen LogP contribution in [0.1, 0.15) is 12.7 Å². The van der Waals surface area contributed by atoms with Gasteiger partial charge in [0.2, 0.25) is 11.2 Å². The van der Waals surface area contributed by atoms with Crippen LogP contribution in [0.3, 0.4) is 0 Å². The molecule has 1 aromatic heterocycles. The smallest absolute Gasteiger partial charge is 0.261 e. The summed E-state index contributed by atoms with van der Waals surface area (Å²) in [6.45, 7) is 4.93. The van der Waals surface area contributed by atoms with E-state index in [0.717, 1.165) is 12.3 Å². The maximum atomic E-state index is 11.5. The highest BCUT2D eigenvalue weighted by atomic mass is 16.5. The van der Waals surface area contributed by atoms with Gasteiger partial charge in [-0.2, -0.15) is 0 Å². The Kier molecular flexibility index (Phi) is 5.13. The lowest BCUT2D eigenvalue weighted by Gasteiger charge is -2.13. The fraction of sp³-hybridized carbons (Fsp3) is 0.333. The molecule has 1 rings (SSSR count). The first-order valence-electron chi connectivity index (χ1n) is 5.36. The molecule has 6 nitrogen and oxygen atoms in total. The fourth-order valence-electron chi connectivity index (χ4n) is 1.17. The highest BCUT2D eigenvalue weighted by Crippen LogP contribution is 2.08. The van der Waals surface area contributed by atoms with Gasteiger partial charge in [0.25, 0.3) is 5.91 Å². The van der Waals surface area contributed by atoms with Gasteiger partial charge in [-0.05, 0) is 6.92 Å². The summed E-state index contributed by atoms with van der Waals surface area (Å²) < 4.78 is 10.1. The van der Waals surface area contributed by atoms with Gasteiger partial charge in [-0.15, -0.1) is 6.58 Å². The molecule has 0 aliphatic rings. The van der Waals surface area contributed by atoms with Crippen LogP contribution >= 0.6 is 0 Å². The number of carbonyl (C=O) groups is 1. The van der Waals surface area contributed by atoms with Crippen LogP contribution in [-0.4, -0.2) is 23.7 Å². The number of hydrogen-bond donors (Lipinski definition) is 2. The SMILES string of the molecule is C=CCNC(=O)C(C)Oc1coc(CO)cc1=O. The molecule has 0 aliphatic heterocycles. The Morgan fingerprint density at radius 3 is 3.00 bits per heavy atom. The molecule has 0 bridgehead atoms. The topological polar surface area (TPSA) is 88.8 Å². The summed E-state index contributed by atoms with van der Waals surface area (Å²) in [6.07, 6.45) is 1.79. The average Bonchev–Trinajstić information content (AvgIpc) is 2.38. The summed E-state index contributed by atoms with van der Waals surface area (Å²) in [4.78, 5) is 23.0. The predicted octanol–water partition coefficient (Wildman–Crippen LogP) is 0.202. The summed E-state index contributed by atoms with van der Waals surface area (Å²) >= 11 is 0. The molecule has 98 valence electrons. The Hall–Kier alpha value is -2.08. The molecule has 0 aromatic carbocycles. The van der Waals surface area contributed by atoms with E-state index in [0.29, 0.717) is 6.54 Å². The number of hydrogen-bond acceptors (Lipinski definition) is 5. The monoisotopic (exact) mass is 253 g/mol. The molecule has 18 heavy (non-hydrogen) atoms. The van der Waals surface area contributed by atoms with E-state index in [1.54, 1.807) is 0 Å². The van der Waals surface area contributed by atoms with Gasteiger partial charge in [0.1, 0.15) is 18.6 Å². The lowest BCUT2D eigenvalue weighted by molar-refractivity contribution is -0.127. The van der Waals surface area contributed by atoms with Crippen LogP contribution in [0, 0.1) is 0 Å². The van der Waals surface area contributed by atoms with Gasteiger partial charge in [-0.25, -0.2) is 0 Å². The molecule has 1 heterocycles. The molecular weight excluding hydrogens is 238 g/mol. The highest BCUT2D eigenvalue weighted by Gasteiger charge is 2.15. The van der Waals surface area contributed by atoms with Crippen molar-refractivity contribution in [2.75, 3.05) is 6.54 Å². The van der Waals surface area contributed by atoms with Crippen molar-refractivity contribution in [2.24, 2.45) is 0 Å². The molecule has 2 N–H and O–H groups in total. The first kappa shape index (κ1) is 14.0. The van der Waals surface area contributed by atoms with Gasteiger partial charge in [0.15, 0.2) is 6.10 Å². The largest absolute Gasteiger partial charge is 0.474 e. The number of carbonyl (C=O) groups excluding carboxylic acids is 1. The van der Waals surface area contributed by atoms with E-state index in [1.165, 1.54) is 13.0 Å². The van der Waals surface area contributed by atoms with Crippen LogP contribution in [0.5, 0.6) is 5.75 Å². The zero-order valence-electron chi connectivity index (χ0n) is 10.0. The minimum Gasteiger partial charge on any atom is -0.474 e. The zero-order chi connectivity index (χ0) is 13.5.